The van der Waals surface area contributed by atoms with Crippen LogP contribution < -0.4 is 5.73 Å². The third-order valence-electron chi connectivity index (χ3n) is 3.09. The first-order valence-electron chi connectivity index (χ1n) is 7.79. The molecular weight excluding hydrogens is 301 g/mol. The van der Waals surface area contributed by atoms with Crippen molar-refractivity contribution in [1.29, 1.82) is 0 Å². The molecule has 0 aliphatic carbocycles. The van der Waals surface area contributed by atoms with Crippen LogP contribution in [-0.2, 0) is 18.8 Å². The molecule has 124 valence electrons. The predicted molar refractivity (Wildman–Crippen MR) is 88.8 cm³/mol. The summed E-state index contributed by atoms with van der Waals surface area (Å²) in [6.45, 7) is 4.10. The van der Waals surface area contributed by atoms with E-state index in [1.165, 1.54) is 38.5 Å². The average molecular weight is 333 g/mol. The minimum absolute atomic E-state index is 0. The second-order valence-electron chi connectivity index (χ2n) is 5.19. The van der Waals surface area contributed by atoms with Crippen molar-refractivity contribution in [3.8, 4) is 0 Å². The number of unbranched alkanes of at least 4 members (excludes halogenated alkanes) is 7. The van der Waals surface area contributed by atoms with Gasteiger partial charge in [-0.1, -0.05) is 58.3 Å². The molecule has 1 unspecified atom stereocenters. The van der Waals surface area contributed by atoms with Gasteiger partial charge < -0.3 is 5.73 Å². The quantitative estimate of drug-likeness (QED) is 0.390. The first kappa shape index (κ1) is 24.1. The fourth-order valence-corrected chi connectivity index (χ4v) is 2.85. The van der Waals surface area contributed by atoms with Crippen molar-refractivity contribution in [2.24, 2.45) is 5.73 Å². The van der Waals surface area contributed by atoms with Gasteiger partial charge in [-0.2, -0.15) is 8.42 Å². The minimum atomic E-state index is -3.88. The van der Waals surface area contributed by atoms with Crippen molar-refractivity contribution in [3.05, 3.63) is 0 Å². The van der Waals surface area contributed by atoms with E-state index in [2.05, 4.69) is 11.1 Å². The Morgan fingerprint density at radius 2 is 1.52 bits per heavy atom. The van der Waals surface area contributed by atoms with Crippen molar-refractivity contribution in [1.82, 2.24) is 0 Å². The Morgan fingerprint density at radius 1 is 1.00 bits per heavy atom. The van der Waals surface area contributed by atoms with E-state index in [4.69, 9.17) is 9.92 Å². The summed E-state index contributed by atoms with van der Waals surface area (Å²) in [5, 5.41) is 0. The van der Waals surface area contributed by atoms with Crippen LogP contribution in [0.5, 0.6) is 0 Å². The van der Waals surface area contributed by atoms with Gasteiger partial charge in [-0.15, -0.1) is 0 Å². The zero-order valence-corrected chi connectivity index (χ0v) is 13.8. The molecule has 0 amide bonds. The molecule has 0 aliphatic rings. The summed E-state index contributed by atoms with van der Waals surface area (Å²) in [5.41, 5.74) is 5.18. The van der Waals surface area contributed by atoms with Gasteiger partial charge in [0.1, 0.15) is 0 Å². The van der Waals surface area contributed by atoms with Crippen molar-refractivity contribution in [3.63, 3.8) is 0 Å². The first-order chi connectivity index (χ1) is 9.52. The second-order valence-corrected chi connectivity index (χ2v) is 6.43. The summed E-state index contributed by atoms with van der Waals surface area (Å²) in [6.07, 6.45) is 10.2. The van der Waals surface area contributed by atoms with Gasteiger partial charge >= 0.3 is 40.0 Å². The molecule has 21 heavy (non-hydrogen) atoms. The van der Waals surface area contributed by atoms with Crippen LogP contribution in [0, 0.1) is 0 Å². The Bertz CT molecular complexity index is 312. The van der Waals surface area contributed by atoms with E-state index in [0.717, 1.165) is 19.3 Å². The monoisotopic (exact) mass is 333 g/mol. The Kier molecular flexibility index (Phi) is 18.0. The molecule has 0 aromatic rings. The van der Waals surface area contributed by atoms with Gasteiger partial charge in [0.05, 0.1) is 12.7 Å². The van der Waals surface area contributed by atoms with E-state index in [1.54, 1.807) is 6.92 Å². The van der Waals surface area contributed by atoms with Crippen molar-refractivity contribution >= 4 is 40.0 Å². The fourth-order valence-electron chi connectivity index (χ4n) is 1.99. The van der Waals surface area contributed by atoms with Crippen LogP contribution in [0.4, 0.5) is 0 Å². The molecule has 0 saturated carbocycles. The maximum absolute atomic E-state index is 11.3. The molecule has 0 aromatic heterocycles. The molecule has 2 N–H and O–H groups in total. The van der Waals surface area contributed by atoms with Crippen LogP contribution in [0.1, 0.15) is 71.6 Å². The van der Waals surface area contributed by atoms with E-state index in [1.807, 2.05) is 0 Å². The van der Waals surface area contributed by atoms with Crippen LogP contribution in [-0.4, -0.2) is 57.2 Å². The Hall–Kier alpha value is 0.830. The van der Waals surface area contributed by atoms with Crippen LogP contribution in [0.15, 0.2) is 0 Å². The van der Waals surface area contributed by atoms with Crippen LogP contribution in [0.2, 0.25) is 0 Å². The Morgan fingerprint density at radius 3 is 2.05 bits per heavy atom. The summed E-state index contributed by atoms with van der Waals surface area (Å²) >= 11 is 0. The molecule has 0 spiro atoms. The van der Waals surface area contributed by atoms with Crippen LogP contribution in [0.3, 0.4) is 0 Å². The zero-order valence-electron chi connectivity index (χ0n) is 13.0. The fraction of sp³-hybridized carbons (Fsp3) is 1.00. The van der Waals surface area contributed by atoms with Gasteiger partial charge in [0, 0.05) is 6.54 Å². The molecule has 0 bridgehead atoms. The van der Waals surface area contributed by atoms with E-state index in [-0.39, 0.29) is 48.8 Å². The number of nitrogens with two attached hydrogens (primary N) is 1. The SMILES string of the molecule is CCCCCCCCCCC(C)OS(=O)(=O)OCCN.[NaH]. The molecule has 0 aliphatic heterocycles. The van der Waals surface area contributed by atoms with Crippen molar-refractivity contribution in [2.45, 2.75) is 77.7 Å². The number of hydrogen-bond acceptors (Lipinski definition) is 5. The first-order valence-corrected chi connectivity index (χ1v) is 9.13. The average Bonchev–Trinajstić information content (AvgIpc) is 2.39. The van der Waals surface area contributed by atoms with E-state index < -0.39 is 10.4 Å². The third-order valence-corrected chi connectivity index (χ3v) is 4.11. The second kappa shape index (κ2) is 15.7. The summed E-state index contributed by atoms with van der Waals surface area (Å²) in [7, 11) is -3.88. The molecule has 0 saturated heterocycles. The molecule has 0 fully saturated rings. The number of hydrogen-bond donors (Lipinski definition) is 1. The molecule has 0 radical (unpaired) electrons. The molecule has 0 heterocycles. The Balaban J connectivity index is 0. The standard InChI is InChI=1S/C14H31NO4S.Na.H/c1-3-4-5-6-7-8-9-10-11-14(2)19-20(16,17)18-13-12-15;;/h14H,3-13,15H2,1-2H3;;. The van der Waals surface area contributed by atoms with Crippen molar-refractivity contribution in [2.75, 3.05) is 13.2 Å². The number of rotatable bonds is 14. The summed E-state index contributed by atoms with van der Waals surface area (Å²) in [6, 6.07) is 0. The van der Waals surface area contributed by atoms with Gasteiger partial charge in [0.2, 0.25) is 0 Å². The van der Waals surface area contributed by atoms with Gasteiger partial charge in [-0.25, -0.2) is 8.37 Å². The van der Waals surface area contributed by atoms with E-state index in [0.29, 0.717) is 0 Å². The molecule has 0 rings (SSSR count). The third kappa shape index (κ3) is 17.0. The summed E-state index contributed by atoms with van der Waals surface area (Å²) in [4.78, 5) is 0. The molecule has 1 atom stereocenters. The predicted octanol–water partition coefficient (Wildman–Crippen LogP) is 2.49. The van der Waals surface area contributed by atoms with Crippen LogP contribution in [0.25, 0.3) is 0 Å². The van der Waals surface area contributed by atoms with Crippen molar-refractivity contribution < 1.29 is 16.8 Å². The zero-order chi connectivity index (χ0) is 15.3. The molecule has 0 aromatic carbocycles. The van der Waals surface area contributed by atoms with Crippen LogP contribution >= 0.6 is 0 Å². The molecular formula is C14H32NNaO4S. The maximum atomic E-state index is 11.3. The van der Waals surface area contributed by atoms with E-state index >= 15 is 0 Å². The van der Waals surface area contributed by atoms with Gasteiger partial charge in [0.15, 0.2) is 0 Å². The van der Waals surface area contributed by atoms with E-state index in [9.17, 15) is 8.42 Å². The summed E-state index contributed by atoms with van der Waals surface area (Å²) in [5.74, 6) is 0. The molecule has 5 nitrogen and oxygen atoms in total. The topological polar surface area (TPSA) is 78.6 Å². The van der Waals surface area contributed by atoms with Gasteiger partial charge in [-0.05, 0) is 13.3 Å². The molecule has 7 heteroatoms. The Labute approximate surface area is 153 Å². The van der Waals surface area contributed by atoms with Gasteiger partial charge in [0.25, 0.3) is 0 Å². The van der Waals surface area contributed by atoms with Gasteiger partial charge in [-0.3, -0.25) is 0 Å². The summed E-state index contributed by atoms with van der Waals surface area (Å²) < 4.78 is 32.1. The normalized spacial score (nSPS) is 12.9.